The van der Waals surface area contributed by atoms with Crippen LogP contribution in [-0.2, 0) is 6.54 Å². The monoisotopic (exact) mass is 402 g/mol. The van der Waals surface area contributed by atoms with Crippen LogP contribution in [0.4, 0.5) is 0 Å². The molecule has 108 valence electrons. The van der Waals surface area contributed by atoms with E-state index in [2.05, 4.69) is 43.9 Å². The lowest BCUT2D eigenvalue weighted by molar-refractivity contribution is 0.202. The van der Waals surface area contributed by atoms with E-state index in [1.54, 1.807) is 18.0 Å². The van der Waals surface area contributed by atoms with Crippen molar-refractivity contribution in [2.75, 3.05) is 7.11 Å². The van der Waals surface area contributed by atoms with E-state index in [9.17, 15) is 5.11 Å². The first-order valence-electron chi connectivity index (χ1n) is 6.31. The Bertz CT molecular complexity index is 599. The number of aromatic nitrogens is 2. The van der Waals surface area contributed by atoms with Crippen LogP contribution in [0.5, 0.6) is 5.75 Å². The number of methoxy groups -OCH3 is 1. The van der Waals surface area contributed by atoms with Gasteiger partial charge in [-0.25, -0.2) is 0 Å². The first-order valence-corrected chi connectivity index (χ1v) is 7.89. The molecule has 1 aromatic carbocycles. The third-order valence-corrected chi connectivity index (χ3v) is 4.90. The van der Waals surface area contributed by atoms with Gasteiger partial charge in [0.1, 0.15) is 11.8 Å². The van der Waals surface area contributed by atoms with Crippen LogP contribution in [0.25, 0.3) is 0 Å². The zero-order valence-electron chi connectivity index (χ0n) is 11.3. The molecule has 2 aromatic rings. The van der Waals surface area contributed by atoms with E-state index in [0.29, 0.717) is 11.4 Å². The van der Waals surface area contributed by atoms with Gasteiger partial charge in [0.25, 0.3) is 0 Å². The Morgan fingerprint density at radius 1 is 1.35 bits per heavy atom. The largest absolute Gasteiger partial charge is 0.493 e. The smallest absolute Gasteiger partial charge is 0.163 e. The number of aliphatic hydroxyl groups is 1. The van der Waals surface area contributed by atoms with E-state index in [1.165, 1.54) is 0 Å². The number of nitrogens with zero attached hydrogens (tertiary/aromatic N) is 2. The van der Waals surface area contributed by atoms with Crippen molar-refractivity contribution in [2.24, 2.45) is 0 Å². The summed E-state index contributed by atoms with van der Waals surface area (Å²) >= 11 is 6.87. The molecule has 2 rings (SSSR count). The van der Waals surface area contributed by atoms with E-state index in [0.717, 1.165) is 27.5 Å². The fourth-order valence-electron chi connectivity index (χ4n) is 2.04. The van der Waals surface area contributed by atoms with Gasteiger partial charge in [-0.3, -0.25) is 4.68 Å². The van der Waals surface area contributed by atoms with Crippen LogP contribution in [0, 0.1) is 0 Å². The number of ether oxygens (including phenoxy) is 1. The predicted octanol–water partition coefficient (Wildman–Crippen LogP) is 3.91. The summed E-state index contributed by atoms with van der Waals surface area (Å²) < 4.78 is 8.94. The molecule has 1 atom stereocenters. The second-order valence-corrected chi connectivity index (χ2v) is 6.11. The Hall–Kier alpha value is -0.850. The highest BCUT2D eigenvalue weighted by molar-refractivity contribution is 9.13. The van der Waals surface area contributed by atoms with Crippen molar-refractivity contribution in [3.8, 4) is 5.75 Å². The Morgan fingerprint density at radius 3 is 2.70 bits per heavy atom. The standard InChI is InChI=1S/C14H16Br2N2O2/c1-3-6-18-13(12(20-2)8-17-18)14(19)9-4-5-10(15)11(16)7-9/h4-5,7-8,14,19H,3,6H2,1-2H3. The highest BCUT2D eigenvalue weighted by Crippen LogP contribution is 2.33. The molecular weight excluding hydrogens is 388 g/mol. The molecule has 0 radical (unpaired) electrons. The molecular formula is C14H16Br2N2O2. The van der Waals surface area contributed by atoms with Crippen LogP contribution in [-0.4, -0.2) is 22.0 Å². The van der Waals surface area contributed by atoms with Gasteiger partial charge in [0.15, 0.2) is 5.75 Å². The maximum atomic E-state index is 10.6. The molecule has 1 N–H and O–H groups in total. The maximum absolute atomic E-state index is 10.6. The second-order valence-electron chi connectivity index (χ2n) is 4.40. The van der Waals surface area contributed by atoms with Crippen molar-refractivity contribution < 1.29 is 9.84 Å². The van der Waals surface area contributed by atoms with E-state index < -0.39 is 6.10 Å². The molecule has 1 heterocycles. The minimum atomic E-state index is -0.775. The topological polar surface area (TPSA) is 47.3 Å². The van der Waals surface area contributed by atoms with Crippen LogP contribution in [0.1, 0.15) is 30.7 Å². The third-order valence-electron chi connectivity index (χ3n) is 3.02. The molecule has 0 aliphatic rings. The number of rotatable bonds is 5. The Morgan fingerprint density at radius 2 is 2.10 bits per heavy atom. The number of hydrogen-bond donors (Lipinski definition) is 1. The number of halogens is 2. The first-order chi connectivity index (χ1) is 9.58. The summed E-state index contributed by atoms with van der Waals surface area (Å²) in [6, 6.07) is 5.66. The van der Waals surface area contributed by atoms with E-state index in [1.807, 2.05) is 18.2 Å². The van der Waals surface area contributed by atoms with E-state index in [4.69, 9.17) is 4.74 Å². The fraction of sp³-hybridized carbons (Fsp3) is 0.357. The third kappa shape index (κ3) is 3.07. The molecule has 6 heteroatoms. The summed E-state index contributed by atoms with van der Waals surface area (Å²) in [5.41, 5.74) is 1.47. The van der Waals surface area contributed by atoms with Crippen LogP contribution in [0.15, 0.2) is 33.3 Å². The minimum absolute atomic E-state index is 0.602. The molecule has 0 saturated heterocycles. The molecule has 0 fully saturated rings. The highest BCUT2D eigenvalue weighted by atomic mass is 79.9. The van der Waals surface area contributed by atoms with Crippen molar-refractivity contribution in [1.29, 1.82) is 0 Å². The molecule has 0 spiro atoms. The summed E-state index contributed by atoms with van der Waals surface area (Å²) in [5.74, 6) is 0.602. The van der Waals surface area contributed by atoms with Gasteiger partial charge in [-0.2, -0.15) is 5.10 Å². The van der Waals surface area contributed by atoms with E-state index >= 15 is 0 Å². The molecule has 20 heavy (non-hydrogen) atoms. The summed E-state index contributed by atoms with van der Waals surface area (Å²) in [6.07, 6.45) is 1.81. The van der Waals surface area contributed by atoms with Gasteiger partial charge in [0, 0.05) is 15.5 Å². The van der Waals surface area contributed by atoms with E-state index in [-0.39, 0.29) is 0 Å². The Balaban J connectivity index is 2.43. The van der Waals surface area contributed by atoms with Gasteiger partial charge in [-0.15, -0.1) is 0 Å². The maximum Gasteiger partial charge on any atom is 0.163 e. The molecule has 0 aliphatic carbocycles. The number of hydrogen-bond acceptors (Lipinski definition) is 3. The van der Waals surface area contributed by atoms with Crippen LogP contribution >= 0.6 is 31.9 Å². The normalized spacial score (nSPS) is 12.4. The quantitative estimate of drug-likeness (QED) is 0.823. The van der Waals surface area contributed by atoms with Gasteiger partial charge in [-0.1, -0.05) is 13.0 Å². The van der Waals surface area contributed by atoms with Crippen LogP contribution in [0.3, 0.4) is 0 Å². The summed E-state index contributed by atoms with van der Waals surface area (Å²) in [5, 5.41) is 14.9. The van der Waals surface area contributed by atoms with Crippen molar-refractivity contribution >= 4 is 31.9 Å². The highest BCUT2D eigenvalue weighted by Gasteiger charge is 2.21. The summed E-state index contributed by atoms with van der Waals surface area (Å²) in [7, 11) is 1.58. The molecule has 0 bridgehead atoms. The zero-order chi connectivity index (χ0) is 14.7. The lowest BCUT2D eigenvalue weighted by Gasteiger charge is -2.15. The fourth-order valence-corrected chi connectivity index (χ4v) is 2.68. The van der Waals surface area contributed by atoms with Gasteiger partial charge < -0.3 is 9.84 Å². The minimum Gasteiger partial charge on any atom is -0.493 e. The number of aliphatic hydroxyl groups excluding tert-OH is 1. The van der Waals surface area contributed by atoms with Gasteiger partial charge in [-0.05, 0) is 56.0 Å². The molecule has 1 aromatic heterocycles. The Labute approximate surface area is 135 Å². The number of aryl methyl sites for hydroxylation is 1. The molecule has 0 amide bonds. The van der Waals surface area contributed by atoms with Gasteiger partial charge in [0.2, 0.25) is 0 Å². The zero-order valence-corrected chi connectivity index (χ0v) is 14.5. The van der Waals surface area contributed by atoms with Gasteiger partial charge in [0.05, 0.1) is 13.3 Å². The van der Waals surface area contributed by atoms with Gasteiger partial charge >= 0.3 is 0 Å². The van der Waals surface area contributed by atoms with Crippen molar-refractivity contribution in [3.05, 3.63) is 44.6 Å². The Kier molecular flexibility index (Phi) is 5.23. The van der Waals surface area contributed by atoms with Crippen molar-refractivity contribution in [3.63, 3.8) is 0 Å². The van der Waals surface area contributed by atoms with Crippen LogP contribution in [0.2, 0.25) is 0 Å². The SMILES string of the molecule is CCCn1ncc(OC)c1C(O)c1ccc(Br)c(Br)c1. The average Bonchev–Trinajstić information content (AvgIpc) is 2.84. The molecule has 0 saturated carbocycles. The average molecular weight is 404 g/mol. The summed E-state index contributed by atoms with van der Waals surface area (Å²) in [4.78, 5) is 0. The van der Waals surface area contributed by atoms with Crippen molar-refractivity contribution in [1.82, 2.24) is 9.78 Å². The molecule has 0 aliphatic heterocycles. The van der Waals surface area contributed by atoms with Crippen LogP contribution < -0.4 is 4.74 Å². The van der Waals surface area contributed by atoms with Crippen molar-refractivity contribution in [2.45, 2.75) is 26.0 Å². The first kappa shape index (κ1) is 15.5. The summed E-state index contributed by atoms with van der Waals surface area (Å²) in [6.45, 7) is 2.81. The lowest BCUT2D eigenvalue weighted by Crippen LogP contribution is -2.11. The lowest BCUT2D eigenvalue weighted by atomic mass is 10.1. The second kappa shape index (κ2) is 6.74. The molecule has 4 nitrogen and oxygen atoms in total. The number of benzene rings is 1. The predicted molar refractivity (Wildman–Crippen MR) is 85.0 cm³/mol. The molecule has 1 unspecified atom stereocenters.